The van der Waals surface area contributed by atoms with E-state index in [1.54, 1.807) is 6.92 Å². The first-order chi connectivity index (χ1) is 15.5. The zero-order valence-electron chi connectivity index (χ0n) is 18.9. The second-order valence-electron chi connectivity index (χ2n) is 8.39. The van der Waals surface area contributed by atoms with E-state index in [0.29, 0.717) is 11.6 Å². The molecular formula is C24H30N6OS. The Hall–Kier alpha value is -2.87. The number of nitrogens with zero attached hydrogens (tertiary/aromatic N) is 4. The van der Waals surface area contributed by atoms with Crippen LogP contribution < -0.4 is 10.2 Å². The lowest BCUT2D eigenvalue weighted by molar-refractivity contribution is -0.116. The summed E-state index contributed by atoms with van der Waals surface area (Å²) in [5.74, 6) is 2.68. The van der Waals surface area contributed by atoms with Gasteiger partial charge in [0.05, 0.1) is 0 Å². The summed E-state index contributed by atoms with van der Waals surface area (Å²) >= 11 is 1.54. The first-order valence-corrected chi connectivity index (χ1v) is 12.0. The molecule has 32 heavy (non-hydrogen) atoms. The summed E-state index contributed by atoms with van der Waals surface area (Å²) in [6.45, 7) is 7.70. The van der Waals surface area contributed by atoms with Gasteiger partial charge >= 0.3 is 0 Å². The Bertz CT molecular complexity index is 1070. The minimum Gasteiger partial charge on any atom is -0.356 e. The van der Waals surface area contributed by atoms with Crippen LogP contribution in [0.4, 0.5) is 17.5 Å². The molecule has 1 aliphatic heterocycles. The van der Waals surface area contributed by atoms with Crippen molar-refractivity contribution >= 4 is 35.0 Å². The summed E-state index contributed by atoms with van der Waals surface area (Å²) in [4.78, 5) is 24.6. The van der Waals surface area contributed by atoms with Crippen LogP contribution in [0, 0.1) is 13.8 Å². The number of carbonyl (C=O) groups excluding carboxylic acids is 1. The molecule has 3 aromatic rings. The van der Waals surface area contributed by atoms with Crippen LogP contribution in [0.3, 0.4) is 0 Å². The molecule has 0 atom stereocenters. The number of H-pyrrole nitrogens is 1. The van der Waals surface area contributed by atoms with Crippen LogP contribution in [0.2, 0.25) is 0 Å². The molecule has 0 bridgehead atoms. The standard InChI is InChI=1S/C24H30N6OS/c1-16-14-21(29-28-16)25-22-18(3)23(30-12-6-4-5-7-13-30)27-24(26-22)32-20-10-8-19(9-11-20)15-17(2)31/h8-11,14H,4-7,12-13,15H2,1-3H3,(H2,25,26,27,28,29). The predicted molar refractivity (Wildman–Crippen MR) is 129 cm³/mol. The summed E-state index contributed by atoms with van der Waals surface area (Å²) in [7, 11) is 0. The zero-order chi connectivity index (χ0) is 22.5. The summed E-state index contributed by atoms with van der Waals surface area (Å²) in [6.07, 6.45) is 5.37. The molecule has 1 saturated heterocycles. The molecule has 0 amide bonds. The Balaban J connectivity index is 1.64. The molecular weight excluding hydrogens is 420 g/mol. The Morgan fingerprint density at radius 1 is 1.09 bits per heavy atom. The number of anilines is 3. The van der Waals surface area contributed by atoms with Gasteiger partial charge in [-0.3, -0.25) is 9.89 Å². The number of Topliss-reactive ketones (excluding diaryl/α,β-unsaturated/α-hetero) is 1. The molecule has 0 spiro atoms. The van der Waals surface area contributed by atoms with Crippen LogP contribution in [0.25, 0.3) is 0 Å². The molecule has 3 heterocycles. The molecule has 1 fully saturated rings. The summed E-state index contributed by atoms with van der Waals surface area (Å²) in [5, 5.41) is 11.4. The predicted octanol–water partition coefficient (Wildman–Crippen LogP) is 5.22. The van der Waals surface area contributed by atoms with Gasteiger partial charge in [-0.1, -0.05) is 25.0 Å². The van der Waals surface area contributed by atoms with Crippen molar-refractivity contribution in [3.8, 4) is 0 Å². The highest BCUT2D eigenvalue weighted by atomic mass is 32.2. The molecule has 168 valence electrons. The Labute approximate surface area is 193 Å². The van der Waals surface area contributed by atoms with Gasteiger partial charge in [0, 0.05) is 41.7 Å². The van der Waals surface area contributed by atoms with Crippen LogP contribution in [-0.4, -0.2) is 39.0 Å². The van der Waals surface area contributed by atoms with Gasteiger partial charge < -0.3 is 10.2 Å². The SMILES string of the molecule is CC(=O)Cc1ccc(Sc2nc(Nc3cc(C)[nH]n3)c(C)c(N3CCCCCC3)n2)cc1. The van der Waals surface area contributed by atoms with Gasteiger partial charge in [-0.15, -0.1) is 0 Å². The molecule has 8 heteroatoms. The van der Waals surface area contributed by atoms with Crippen molar-refractivity contribution in [1.82, 2.24) is 20.2 Å². The molecule has 1 aromatic carbocycles. The lowest BCUT2D eigenvalue weighted by atomic mass is 10.1. The van der Waals surface area contributed by atoms with E-state index in [1.165, 1.54) is 37.4 Å². The number of benzene rings is 1. The van der Waals surface area contributed by atoms with E-state index >= 15 is 0 Å². The summed E-state index contributed by atoms with van der Waals surface area (Å²) in [6, 6.07) is 10.0. The maximum absolute atomic E-state index is 11.4. The van der Waals surface area contributed by atoms with Crippen LogP contribution in [0.15, 0.2) is 40.4 Å². The van der Waals surface area contributed by atoms with Crippen LogP contribution in [-0.2, 0) is 11.2 Å². The van der Waals surface area contributed by atoms with Gasteiger partial charge in [-0.05, 0) is 63.1 Å². The number of aromatic nitrogens is 4. The average Bonchev–Trinajstić information content (AvgIpc) is 2.99. The second kappa shape index (κ2) is 10.2. The topological polar surface area (TPSA) is 86.8 Å². The van der Waals surface area contributed by atoms with Gasteiger partial charge in [0.15, 0.2) is 11.0 Å². The molecule has 2 aromatic heterocycles. The number of carbonyl (C=O) groups is 1. The van der Waals surface area contributed by atoms with Crippen LogP contribution in [0.1, 0.15) is 49.4 Å². The third-order valence-electron chi connectivity index (χ3n) is 5.54. The third-order valence-corrected chi connectivity index (χ3v) is 6.42. The van der Waals surface area contributed by atoms with Crippen molar-refractivity contribution < 1.29 is 4.79 Å². The highest BCUT2D eigenvalue weighted by Crippen LogP contribution is 2.33. The number of nitrogens with one attached hydrogen (secondary N) is 2. The van der Waals surface area contributed by atoms with Gasteiger partial charge in [0.2, 0.25) is 0 Å². The fraction of sp³-hybridized carbons (Fsp3) is 0.417. The lowest BCUT2D eigenvalue weighted by Crippen LogP contribution is -2.26. The monoisotopic (exact) mass is 450 g/mol. The Kier molecular flexibility index (Phi) is 7.09. The van der Waals surface area contributed by atoms with E-state index in [4.69, 9.17) is 9.97 Å². The lowest BCUT2D eigenvalue weighted by Gasteiger charge is -2.24. The average molecular weight is 451 g/mol. The Morgan fingerprint density at radius 3 is 2.44 bits per heavy atom. The number of hydrogen-bond donors (Lipinski definition) is 2. The van der Waals surface area contributed by atoms with E-state index in [1.807, 2.05) is 37.3 Å². The number of aromatic amines is 1. The highest BCUT2D eigenvalue weighted by Gasteiger charge is 2.19. The fourth-order valence-corrected chi connectivity index (χ4v) is 4.67. The highest BCUT2D eigenvalue weighted by molar-refractivity contribution is 7.99. The summed E-state index contributed by atoms with van der Waals surface area (Å²) in [5.41, 5.74) is 3.05. The van der Waals surface area contributed by atoms with Crippen molar-refractivity contribution in [1.29, 1.82) is 0 Å². The quantitative estimate of drug-likeness (QED) is 0.477. The normalized spacial score (nSPS) is 14.3. The molecule has 7 nitrogen and oxygen atoms in total. The fourth-order valence-electron chi connectivity index (χ4n) is 3.91. The van der Waals surface area contributed by atoms with Gasteiger partial charge in [0.25, 0.3) is 0 Å². The van der Waals surface area contributed by atoms with Crippen molar-refractivity contribution in [2.24, 2.45) is 0 Å². The molecule has 0 aliphatic carbocycles. The molecule has 0 unspecified atom stereocenters. The van der Waals surface area contributed by atoms with Gasteiger partial charge in [0.1, 0.15) is 17.4 Å². The zero-order valence-corrected chi connectivity index (χ0v) is 19.8. The van der Waals surface area contributed by atoms with Crippen molar-refractivity contribution in [3.05, 3.63) is 47.2 Å². The molecule has 0 saturated carbocycles. The minimum atomic E-state index is 0.165. The Morgan fingerprint density at radius 2 is 1.81 bits per heavy atom. The molecule has 4 rings (SSSR count). The van der Waals surface area contributed by atoms with Crippen molar-refractivity contribution in [3.63, 3.8) is 0 Å². The van der Waals surface area contributed by atoms with E-state index in [9.17, 15) is 4.79 Å². The molecule has 1 aliphatic rings. The van der Waals surface area contributed by atoms with Gasteiger partial charge in [-0.25, -0.2) is 9.97 Å². The minimum absolute atomic E-state index is 0.165. The van der Waals surface area contributed by atoms with E-state index in [-0.39, 0.29) is 5.78 Å². The summed E-state index contributed by atoms with van der Waals surface area (Å²) < 4.78 is 0. The molecule has 0 radical (unpaired) electrons. The molecule has 2 N–H and O–H groups in total. The van der Waals surface area contributed by atoms with Crippen molar-refractivity contribution in [2.45, 2.75) is 62.9 Å². The maximum atomic E-state index is 11.4. The second-order valence-corrected chi connectivity index (χ2v) is 9.43. The number of hydrogen-bond acceptors (Lipinski definition) is 7. The van der Waals surface area contributed by atoms with Gasteiger partial charge in [-0.2, -0.15) is 5.10 Å². The van der Waals surface area contributed by atoms with E-state index < -0.39 is 0 Å². The van der Waals surface area contributed by atoms with Crippen molar-refractivity contribution in [2.75, 3.05) is 23.3 Å². The smallest absolute Gasteiger partial charge is 0.196 e. The van der Waals surface area contributed by atoms with Crippen LogP contribution in [0.5, 0.6) is 0 Å². The largest absolute Gasteiger partial charge is 0.356 e. The number of ketones is 1. The third kappa shape index (κ3) is 5.68. The maximum Gasteiger partial charge on any atom is 0.196 e. The number of rotatable bonds is 7. The number of aryl methyl sites for hydroxylation is 1. The first kappa shape index (κ1) is 22.3. The van der Waals surface area contributed by atoms with E-state index in [0.717, 1.165) is 52.3 Å². The van der Waals surface area contributed by atoms with E-state index in [2.05, 4.69) is 27.3 Å². The van der Waals surface area contributed by atoms with Crippen LogP contribution >= 0.6 is 11.8 Å². The first-order valence-electron chi connectivity index (χ1n) is 11.2.